The Balaban J connectivity index is 2.25. The van der Waals surface area contributed by atoms with Crippen LogP contribution in [0.25, 0.3) is 22.2 Å². The van der Waals surface area contributed by atoms with Crippen molar-refractivity contribution in [1.29, 1.82) is 0 Å². The third-order valence-corrected chi connectivity index (χ3v) is 3.85. The first-order valence-electron chi connectivity index (χ1n) is 6.10. The van der Waals surface area contributed by atoms with Crippen LogP contribution in [0, 0.1) is 10.1 Å². The SMILES string of the molecule is O=[N+]([O-])c1cc(CBr)cc2cc(-c3ccccc3)[nH]c12. The summed E-state index contributed by atoms with van der Waals surface area (Å²) in [5.41, 5.74) is 3.47. The van der Waals surface area contributed by atoms with Gasteiger partial charge in [-0.1, -0.05) is 46.3 Å². The van der Waals surface area contributed by atoms with Gasteiger partial charge in [0.1, 0.15) is 5.52 Å². The molecule has 100 valence electrons. The molecule has 0 bridgehead atoms. The number of nitro benzene ring substituents is 1. The fourth-order valence-corrected chi connectivity index (χ4v) is 2.60. The highest BCUT2D eigenvalue weighted by Gasteiger charge is 2.16. The van der Waals surface area contributed by atoms with Gasteiger partial charge in [-0.25, -0.2) is 0 Å². The van der Waals surface area contributed by atoms with Gasteiger partial charge in [-0.3, -0.25) is 10.1 Å². The molecule has 0 aliphatic heterocycles. The van der Waals surface area contributed by atoms with Crippen molar-refractivity contribution >= 4 is 32.5 Å². The van der Waals surface area contributed by atoms with Crippen LogP contribution in [0.2, 0.25) is 0 Å². The van der Waals surface area contributed by atoms with E-state index in [1.165, 1.54) is 0 Å². The van der Waals surface area contributed by atoms with E-state index in [0.29, 0.717) is 10.8 Å². The van der Waals surface area contributed by atoms with E-state index in [-0.39, 0.29) is 10.6 Å². The first kappa shape index (κ1) is 12.9. The second kappa shape index (κ2) is 5.09. The Morgan fingerprint density at radius 1 is 1.15 bits per heavy atom. The third kappa shape index (κ3) is 2.20. The number of nitrogens with zero attached hydrogens (tertiary/aromatic N) is 1. The van der Waals surface area contributed by atoms with Crippen molar-refractivity contribution in [2.24, 2.45) is 0 Å². The molecule has 0 atom stereocenters. The molecule has 0 unspecified atom stereocenters. The summed E-state index contributed by atoms with van der Waals surface area (Å²) in [6.07, 6.45) is 0. The zero-order valence-electron chi connectivity index (χ0n) is 10.5. The average molecular weight is 331 g/mol. The van der Waals surface area contributed by atoms with Crippen molar-refractivity contribution in [3.8, 4) is 11.3 Å². The number of hydrogen-bond acceptors (Lipinski definition) is 2. The summed E-state index contributed by atoms with van der Waals surface area (Å²) < 4.78 is 0. The third-order valence-electron chi connectivity index (χ3n) is 3.20. The first-order chi connectivity index (χ1) is 9.69. The van der Waals surface area contributed by atoms with Gasteiger partial charge in [-0.15, -0.1) is 0 Å². The Labute approximate surface area is 123 Å². The zero-order chi connectivity index (χ0) is 14.1. The van der Waals surface area contributed by atoms with Crippen LogP contribution in [0.5, 0.6) is 0 Å². The lowest BCUT2D eigenvalue weighted by Gasteiger charge is -1.98. The molecule has 0 saturated heterocycles. The summed E-state index contributed by atoms with van der Waals surface area (Å²) in [6, 6.07) is 15.3. The lowest BCUT2D eigenvalue weighted by Crippen LogP contribution is -1.91. The van der Waals surface area contributed by atoms with Gasteiger partial charge in [-0.05, 0) is 23.3 Å². The number of hydrogen-bond donors (Lipinski definition) is 1. The van der Waals surface area contributed by atoms with E-state index in [1.54, 1.807) is 6.07 Å². The lowest BCUT2D eigenvalue weighted by atomic mass is 10.1. The summed E-state index contributed by atoms with van der Waals surface area (Å²) >= 11 is 3.35. The smallest absolute Gasteiger partial charge is 0.293 e. The van der Waals surface area contributed by atoms with Gasteiger partial charge >= 0.3 is 0 Å². The van der Waals surface area contributed by atoms with Gasteiger partial charge in [0.2, 0.25) is 0 Å². The van der Waals surface area contributed by atoms with Crippen molar-refractivity contribution in [3.05, 3.63) is 64.2 Å². The minimum absolute atomic E-state index is 0.110. The second-order valence-electron chi connectivity index (χ2n) is 4.52. The van der Waals surface area contributed by atoms with Crippen LogP contribution in [0.4, 0.5) is 5.69 Å². The minimum Gasteiger partial charge on any atom is -0.349 e. The summed E-state index contributed by atoms with van der Waals surface area (Å²) in [4.78, 5) is 14.0. The summed E-state index contributed by atoms with van der Waals surface area (Å²) in [6.45, 7) is 0. The second-order valence-corrected chi connectivity index (χ2v) is 5.08. The number of benzene rings is 2. The molecule has 2 aromatic carbocycles. The highest BCUT2D eigenvalue weighted by Crippen LogP contribution is 2.31. The maximum Gasteiger partial charge on any atom is 0.293 e. The van der Waals surface area contributed by atoms with E-state index in [9.17, 15) is 10.1 Å². The average Bonchev–Trinajstić information content (AvgIpc) is 2.90. The molecular weight excluding hydrogens is 320 g/mol. The molecule has 5 heteroatoms. The van der Waals surface area contributed by atoms with Crippen molar-refractivity contribution in [2.45, 2.75) is 5.33 Å². The highest BCUT2D eigenvalue weighted by molar-refractivity contribution is 9.08. The van der Waals surface area contributed by atoms with E-state index in [4.69, 9.17) is 0 Å². The number of halogens is 1. The number of non-ortho nitro benzene ring substituents is 1. The van der Waals surface area contributed by atoms with Crippen LogP contribution >= 0.6 is 15.9 Å². The van der Waals surface area contributed by atoms with E-state index in [0.717, 1.165) is 22.2 Å². The maximum atomic E-state index is 11.2. The minimum atomic E-state index is -0.347. The summed E-state index contributed by atoms with van der Waals surface area (Å²) in [7, 11) is 0. The number of rotatable bonds is 3. The first-order valence-corrected chi connectivity index (χ1v) is 7.22. The van der Waals surface area contributed by atoms with Crippen molar-refractivity contribution in [1.82, 2.24) is 4.98 Å². The number of aromatic nitrogens is 1. The van der Waals surface area contributed by atoms with E-state index in [1.807, 2.05) is 42.5 Å². The normalized spacial score (nSPS) is 10.8. The molecule has 0 fully saturated rings. The molecule has 0 saturated carbocycles. The zero-order valence-corrected chi connectivity index (χ0v) is 12.1. The molecule has 20 heavy (non-hydrogen) atoms. The topological polar surface area (TPSA) is 58.9 Å². The highest BCUT2D eigenvalue weighted by atomic mass is 79.9. The fraction of sp³-hybridized carbons (Fsp3) is 0.0667. The monoisotopic (exact) mass is 330 g/mol. The Bertz CT molecular complexity index is 781. The van der Waals surface area contributed by atoms with Gasteiger partial charge in [0.25, 0.3) is 5.69 Å². The quantitative estimate of drug-likeness (QED) is 0.432. The molecule has 1 N–H and O–H groups in total. The summed E-state index contributed by atoms with van der Waals surface area (Å²) in [5, 5.41) is 12.6. The predicted octanol–water partition coefficient (Wildman–Crippen LogP) is 4.64. The van der Waals surface area contributed by atoms with Crippen LogP contribution in [-0.4, -0.2) is 9.91 Å². The number of alkyl halides is 1. The van der Waals surface area contributed by atoms with Crippen molar-refractivity contribution in [2.75, 3.05) is 0 Å². The fourth-order valence-electron chi connectivity index (χ4n) is 2.28. The van der Waals surface area contributed by atoms with Gasteiger partial charge in [0.05, 0.1) is 4.92 Å². The van der Waals surface area contributed by atoms with Gasteiger partial charge < -0.3 is 4.98 Å². The van der Waals surface area contributed by atoms with Crippen LogP contribution in [0.15, 0.2) is 48.5 Å². The van der Waals surface area contributed by atoms with Crippen LogP contribution in [0.3, 0.4) is 0 Å². The molecule has 3 aromatic rings. The molecule has 1 aromatic heterocycles. The predicted molar refractivity (Wildman–Crippen MR) is 83.0 cm³/mol. The lowest BCUT2D eigenvalue weighted by molar-refractivity contribution is -0.383. The molecule has 1 heterocycles. The molecule has 3 rings (SSSR count). The van der Waals surface area contributed by atoms with Crippen molar-refractivity contribution in [3.63, 3.8) is 0 Å². The molecular formula is C15H11BrN2O2. The standard InChI is InChI=1S/C15H11BrN2O2/c16-9-10-6-12-8-13(11-4-2-1-3-5-11)17-15(12)14(7-10)18(19)20/h1-8,17H,9H2. The number of nitrogens with one attached hydrogen (secondary N) is 1. The van der Waals surface area contributed by atoms with Crippen LogP contribution in [0.1, 0.15) is 5.56 Å². The van der Waals surface area contributed by atoms with E-state index >= 15 is 0 Å². The molecule has 0 radical (unpaired) electrons. The maximum absolute atomic E-state index is 11.2. The Morgan fingerprint density at radius 3 is 2.55 bits per heavy atom. The molecule has 0 aliphatic carbocycles. The largest absolute Gasteiger partial charge is 0.349 e. The summed E-state index contributed by atoms with van der Waals surface area (Å²) in [5.74, 6) is 0. The van der Waals surface area contributed by atoms with Crippen LogP contribution < -0.4 is 0 Å². The molecule has 4 nitrogen and oxygen atoms in total. The Morgan fingerprint density at radius 2 is 1.90 bits per heavy atom. The van der Waals surface area contributed by atoms with E-state index < -0.39 is 0 Å². The number of H-pyrrole nitrogens is 1. The Hall–Kier alpha value is -2.14. The van der Waals surface area contributed by atoms with Gasteiger partial charge in [-0.2, -0.15) is 0 Å². The van der Waals surface area contributed by atoms with Crippen molar-refractivity contribution < 1.29 is 4.92 Å². The van der Waals surface area contributed by atoms with E-state index in [2.05, 4.69) is 20.9 Å². The van der Waals surface area contributed by atoms with Gasteiger partial charge in [0, 0.05) is 22.5 Å². The molecule has 0 aliphatic rings. The molecule has 0 amide bonds. The van der Waals surface area contributed by atoms with Gasteiger partial charge in [0.15, 0.2) is 0 Å². The Kier molecular flexibility index (Phi) is 3.28. The number of aromatic amines is 1. The number of nitro groups is 1. The number of fused-ring (bicyclic) bond motifs is 1. The molecule has 0 spiro atoms. The van der Waals surface area contributed by atoms with Crippen LogP contribution in [-0.2, 0) is 5.33 Å².